The number of hydrogen-bond donors (Lipinski definition) is 4. The van der Waals surface area contributed by atoms with Gasteiger partial charge < -0.3 is 26.3 Å². The van der Waals surface area contributed by atoms with E-state index in [1.165, 1.54) is 11.6 Å². The molecular formula is C26H31N5O4. The van der Waals surface area contributed by atoms with E-state index in [2.05, 4.69) is 21.4 Å². The molecule has 4 rings (SSSR count). The number of rotatable bonds is 11. The summed E-state index contributed by atoms with van der Waals surface area (Å²) in [5.74, 6) is -1.78. The summed E-state index contributed by atoms with van der Waals surface area (Å²) in [6.45, 7) is 0.861. The van der Waals surface area contributed by atoms with Gasteiger partial charge in [-0.1, -0.05) is 12.1 Å². The fraction of sp³-hybridized carbons (Fsp3) is 0.385. The monoisotopic (exact) mass is 477 g/mol. The zero-order chi connectivity index (χ0) is 24.8. The van der Waals surface area contributed by atoms with E-state index in [0.29, 0.717) is 25.3 Å². The van der Waals surface area contributed by atoms with Gasteiger partial charge in [-0.05, 0) is 68.0 Å². The molecule has 3 atom stereocenters. The van der Waals surface area contributed by atoms with Crippen molar-refractivity contribution in [3.63, 3.8) is 0 Å². The summed E-state index contributed by atoms with van der Waals surface area (Å²) in [7, 11) is 0. The number of carboxylic acid groups (broad SMARTS) is 1. The van der Waals surface area contributed by atoms with Crippen LogP contribution in [0.5, 0.6) is 0 Å². The van der Waals surface area contributed by atoms with Crippen LogP contribution < -0.4 is 16.8 Å². The SMILES string of the molecule is NC(CCC1CCCc2cccnc21)[C@@](N)(C(=O)O)C(=O)c1ccc(CNCc2ccccn2)o1. The number of nitrogens with zero attached hydrogens (tertiary/aromatic N) is 2. The third-order valence-corrected chi connectivity index (χ3v) is 6.67. The predicted octanol–water partition coefficient (Wildman–Crippen LogP) is 2.55. The zero-order valence-electron chi connectivity index (χ0n) is 19.5. The molecule has 0 bridgehead atoms. The second-order valence-corrected chi connectivity index (χ2v) is 9.01. The summed E-state index contributed by atoms with van der Waals surface area (Å²) in [6.07, 6.45) is 7.32. The second-order valence-electron chi connectivity index (χ2n) is 9.01. The Morgan fingerprint density at radius 3 is 2.74 bits per heavy atom. The van der Waals surface area contributed by atoms with Gasteiger partial charge in [0.05, 0.1) is 12.2 Å². The first kappa shape index (κ1) is 24.7. The van der Waals surface area contributed by atoms with Crippen LogP contribution in [0.25, 0.3) is 0 Å². The van der Waals surface area contributed by atoms with Crippen molar-refractivity contribution in [3.8, 4) is 0 Å². The molecule has 6 N–H and O–H groups in total. The highest BCUT2D eigenvalue weighted by atomic mass is 16.4. The molecule has 35 heavy (non-hydrogen) atoms. The van der Waals surface area contributed by atoms with Crippen LogP contribution >= 0.6 is 0 Å². The smallest absolute Gasteiger partial charge is 0.333 e. The van der Waals surface area contributed by atoms with Crippen LogP contribution in [-0.2, 0) is 24.3 Å². The Morgan fingerprint density at radius 1 is 1.14 bits per heavy atom. The molecule has 0 saturated carbocycles. The highest BCUT2D eigenvalue weighted by Gasteiger charge is 2.49. The van der Waals surface area contributed by atoms with Crippen LogP contribution in [0.15, 0.2) is 59.3 Å². The minimum Gasteiger partial charge on any atom is -0.479 e. The fourth-order valence-corrected chi connectivity index (χ4v) is 4.63. The van der Waals surface area contributed by atoms with Gasteiger partial charge in [0.1, 0.15) is 5.76 Å². The van der Waals surface area contributed by atoms with Crippen LogP contribution in [0.4, 0.5) is 0 Å². The minimum absolute atomic E-state index is 0.121. The second kappa shape index (κ2) is 10.9. The largest absolute Gasteiger partial charge is 0.479 e. The summed E-state index contributed by atoms with van der Waals surface area (Å²) in [5, 5.41) is 13.1. The van der Waals surface area contributed by atoms with E-state index in [9.17, 15) is 14.7 Å². The molecule has 1 aliphatic rings. The molecule has 0 fully saturated rings. The van der Waals surface area contributed by atoms with Crippen molar-refractivity contribution in [1.29, 1.82) is 0 Å². The maximum absolute atomic E-state index is 13.2. The molecule has 0 aliphatic heterocycles. The van der Waals surface area contributed by atoms with Crippen molar-refractivity contribution < 1.29 is 19.1 Å². The normalized spacial score (nSPS) is 17.8. The topological polar surface area (TPSA) is 157 Å². The molecule has 0 amide bonds. The lowest BCUT2D eigenvalue weighted by atomic mass is 9.79. The highest BCUT2D eigenvalue weighted by molar-refractivity contribution is 6.15. The molecule has 2 unspecified atom stereocenters. The number of pyridine rings is 2. The van der Waals surface area contributed by atoms with Crippen molar-refractivity contribution in [2.24, 2.45) is 11.5 Å². The first-order valence-electron chi connectivity index (χ1n) is 11.9. The van der Waals surface area contributed by atoms with Crippen LogP contribution in [0.2, 0.25) is 0 Å². The number of nitrogens with two attached hydrogens (primary N) is 2. The molecule has 0 aromatic carbocycles. The molecule has 3 aromatic heterocycles. The van der Waals surface area contributed by atoms with Crippen LogP contribution in [0.1, 0.15) is 64.9 Å². The van der Waals surface area contributed by atoms with E-state index in [0.717, 1.165) is 30.7 Å². The molecule has 3 heterocycles. The maximum atomic E-state index is 13.2. The number of aliphatic carboxylic acids is 1. The lowest BCUT2D eigenvalue weighted by Crippen LogP contribution is -2.66. The summed E-state index contributed by atoms with van der Waals surface area (Å²) in [4.78, 5) is 34.1. The van der Waals surface area contributed by atoms with Gasteiger partial charge in [0.2, 0.25) is 5.78 Å². The number of carbonyl (C=O) groups excluding carboxylic acids is 1. The van der Waals surface area contributed by atoms with Gasteiger partial charge in [0.25, 0.3) is 0 Å². The lowest BCUT2D eigenvalue weighted by Gasteiger charge is -2.31. The van der Waals surface area contributed by atoms with Crippen molar-refractivity contribution >= 4 is 11.8 Å². The van der Waals surface area contributed by atoms with Crippen molar-refractivity contribution in [1.82, 2.24) is 15.3 Å². The van der Waals surface area contributed by atoms with Gasteiger partial charge in [-0.3, -0.25) is 14.8 Å². The summed E-state index contributed by atoms with van der Waals surface area (Å²) >= 11 is 0. The number of carboxylic acids is 1. The quantitative estimate of drug-likeness (QED) is 0.240. The molecule has 0 spiro atoms. The zero-order valence-corrected chi connectivity index (χ0v) is 19.5. The Balaban J connectivity index is 1.39. The van der Waals surface area contributed by atoms with Crippen molar-refractivity contribution in [3.05, 3.63) is 83.3 Å². The van der Waals surface area contributed by atoms with Gasteiger partial charge in [-0.15, -0.1) is 0 Å². The van der Waals surface area contributed by atoms with Gasteiger partial charge in [-0.25, -0.2) is 4.79 Å². The van der Waals surface area contributed by atoms with E-state index < -0.39 is 23.3 Å². The van der Waals surface area contributed by atoms with Gasteiger partial charge in [0.15, 0.2) is 11.3 Å². The molecule has 0 radical (unpaired) electrons. The fourth-order valence-electron chi connectivity index (χ4n) is 4.63. The number of fused-ring (bicyclic) bond motifs is 1. The van der Waals surface area contributed by atoms with Crippen molar-refractivity contribution in [2.45, 2.75) is 62.7 Å². The standard InChI is InChI=1S/C26H31N5O4/c27-22(12-9-18-6-3-5-17-7-4-14-31-23(17)18)26(28,25(33)34)24(32)21-11-10-20(35-21)16-29-15-19-8-1-2-13-30-19/h1-2,4,7-8,10-11,13-14,18,22,29H,3,5-6,9,12,15-16,27-28H2,(H,33,34)/t18?,22?,26-/m0/s1. The molecule has 3 aromatic rings. The number of carbonyl (C=O) groups is 2. The number of furan rings is 1. The number of nitrogens with one attached hydrogen (secondary N) is 1. The van der Waals surface area contributed by atoms with Crippen LogP contribution in [-0.4, -0.2) is 38.4 Å². The number of aryl methyl sites for hydroxylation is 1. The Hall–Kier alpha value is -3.40. The Kier molecular flexibility index (Phi) is 7.70. The average Bonchev–Trinajstić information content (AvgIpc) is 3.35. The van der Waals surface area contributed by atoms with E-state index in [1.807, 2.05) is 24.3 Å². The van der Waals surface area contributed by atoms with Crippen LogP contribution in [0.3, 0.4) is 0 Å². The van der Waals surface area contributed by atoms with Gasteiger partial charge in [-0.2, -0.15) is 0 Å². The van der Waals surface area contributed by atoms with Gasteiger partial charge in [0, 0.05) is 36.6 Å². The Morgan fingerprint density at radius 2 is 1.97 bits per heavy atom. The Labute approximate surface area is 203 Å². The minimum atomic E-state index is -2.29. The molecular weight excluding hydrogens is 446 g/mol. The van der Waals surface area contributed by atoms with E-state index in [4.69, 9.17) is 15.9 Å². The van der Waals surface area contributed by atoms with Crippen molar-refractivity contribution in [2.75, 3.05) is 0 Å². The van der Waals surface area contributed by atoms with Crippen LogP contribution in [0, 0.1) is 0 Å². The molecule has 1 aliphatic carbocycles. The van der Waals surface area contributed by atoms with E-state index in [-0.39, 0.29) is 18.1 Å². The number of ketones is 1. The molecule has 9 heteroatoms. The molecule has 9 nitrogen and oxygen atoms in total. The maximum Gasteiger partial charge on any atom is 0.333 e. The summed E-state index contributed by atoms with van der Waals surface area (Å²) in [6, 6.07) is 11.6. The third-order valence-electron chi connectivity index (χ3n) is 6.67. The predicted molar refractivity (Wildman–Crippen MR) is 129 cm³/mol. The number of hydrogen-bond acceptors (Lipinski definition) is 8. The van der Waals surface area contributed by atoms with E-state index in [1.54, 1.807) is 18.5 Å². The first-order valence-corrected chi connectivity index (χ1v) is 11.9. The molecule has 0 saturated heterocycles. The number of Topliss-reactive ketones (excluding diaryl/α,β-unsaturated/α-hetero) is 1. The average molecular weight is 478 g/mol. The Bertz CT molecular complexity index is 1170. The number of aromatic nitrogens is 2. The van der Waals surface area contributed by atoms with Gasteiger partial charge >= 0.3 is 5.97 Å². The lowest BCUT2D eigenvalue weighted by molar-refractivity contribution is -0.142. The summed E-state index contributed by atoms with van der Waals surface area (Å²) in [5.41, 5.74) is 13.3. The third kappa shape index (κ3) is 5.48. The first-order chi connectivity index (χ1) is 16.9. The summed E-state index contributed by atoms with van der Waals surface area (Å²) < 4.78 is 5.63. The van der Waals surface area contributed by atoms with E-state index >= 15 is 0 Å². The molecule has 184 valence electrons. The highest BCUT2D eigenvalue weighted by Crippen LogP contribution is 2.34.